The maximum absolute atomic E-state index is 6.80. The minimum Gasteiger partial charge on any atom is -0.326 e. The summed E-state index contributed by atoms with van der Waals surface area (Å²) in [6.07, 6.45) is 0. The molecule has 0 fully saturated rings. The number of hydrogen-bond acceptors (Lipinski definition) is 15. The fourth-order valence-corrected chi connectivity index (χ4v) is 26.0. The Kier molecular flexibility index (Phi) is 10.6. The summed E-state index contributed by atoms with van der Waals surface area (Å²) in [5.41, 5.74) is 28.7. The van der Waals surface area contributed by atoms with Crippen molar-refractivity contribution in [3.63, 3.8) is 0 Å². The summed E-state index contributed by atoms with van der Waals surface area (Å²) in [6, 6.07) is 0. The molecule has 3 aromatic carbocycles. The van der Waals surface area contributed by atoms with E-state index >= 15 is 0 Å². The van der Waals surface area contributed by atoms with Crippen LogP contribution >= 0.6 is 141 Å². The maximum Gasteiger partial charge on any atom is 0.0700 e. The van der Waals surface area contributed by atoms with Crippen LogP contribution in [-0.2, 0) is 19.6 Å². The Labute approximate surface area is 379 Å². The minimum atomic E-state index is -0.0228. The van der Waals surface area contributed by atoms with Crippen LogP contribution in [0.4, 0.5) is 0 Å². The molecule has 0 aliphatic carbocycles. The average molecular weight is 956 g/mol. The lowest BCUT2D eigenvalue weighted by Crippen LogP contribution is -2.17. The van der Waals surface area contributed by atoms with Gasteiger partial charge in [-0.15, -0.1) is 141 Å². The molecule has 0 unspecified atom stereocenters. The second-order valence-corrected chi connectivity index (χ2v) is 38.3. The Morgan fingerprint density at radius 1 is 0.291 bits per heavy atom. The fourth-order valence-electron chi connectivity index (χ4n) is 8.04. The Morgan fingerprint density at radius 3 is 0.582 bits per heavy atom. The zero-order valence-corrected chi connectivity index (χ0v) is 43.1. The molecule has 0 saturated carbocycles. The summed E-state index contributed by atoms with van der Waals surface area (Å²) in [7, 11) is 0. The van der Waals surface area contributed by atoms with Crippen molar-refractivity contribution in [2.24, 2.45) is 17.2 Å². The highest BCUT2D eigenvalue weighted by Crippen LogP contribution is 2.74. The minimum absolute atomic E-state index is 0.0228. The van der Waals surface area contributed by atoms with Crippen LogP contribution in [0.2, 0.25) is 0 Å². The van der Waals surface area contributed by atoms with E-state index in [0.717, 1.165) is 0 Å². The highest BCUT2D eigenvalue weighted by molar-refractivity contribution is 8.23. The van der Waals surface area contributed by atoms with Gasteiger partial charge < -0.3 is 17.2 Å². The lowest BCUT2D eigenvalue weighted by atomic mass is 9.83. The predicted molar refractivity (Wildman–Crippen MR) is 258 cm³/mol. The number of fused-ring (bicyclic) bond motifs is 6. The summed E-state index contributed by atoms with van der Waals surface area (Å²) in [6.45, 7) is 30.4. The molecule has 6 aliphatic rings. The van der Waals surface area contributed by atoms with Gasteiger partial charge in [-0.2, -0.15) is 0 Å². The molecule has 0 saturated heterocycles. The first-order valence-corrected chi connectivity index (χ1v) is 28.2. The van der Waals surface area contributed by atoms with E-state index in [1.165, 1.54) is 98.0 Å². The third-order valence-electron chi connectivity index (χ3n) is 9.78. The summed E-state index contributed by atoms with van der Waals surface area (Å²) in [4.78, 5) is 16.9. The molecular formula is C40H48N3S12. The normalized spacial score (nSPS) is 23.6. The van der Waals surface area contributed by atoms with Gasteiger partial charge in [0, 0.05) is 78.4 Å². The van der Waals surface area contributed by atoms with Crippen molar-refractivity contribution >= 4 is 141 Å². The molecule has 6 aliphatic heterocycles. The molecule has 15 heteroatoms. The summed E-state index contributed by atoms with van der Waals surface area (Å²) >= 11 is 24.5. The topological polar surface area (TPSA) is 78.1 Å². The van der Waals surface area contributed by atoms with Gasteiger partial charge in [0.05, 0.1) is 30.4 Å². The van der Waals surface area contributed by atoms with Crippen molar-refractivity contribution < 1.29 is 0 Å². The van der Waals surface area contributed by atoms with Crippen molar-refractivity contribution in [2.75, 3.05) is 0 Å². The molecule has 9 rings (SSSR count). The average Bonchev–Trinajstić information content (AvgIpc) is 3.85. The van der Waals surface area contributed by atoms with E-state index in [4.69, 9.17) is 17.2 Å². The van der Waals surface area contributed by atoms with Crippen molar-refractivity contribution in [3.8, 4) is 0 Å². The van der Waals surface area contributed by atoms with Crippen molar-refractivity contribution in [1.29, 1.82) is 0 Å². The van der Waals surface area contributed by atoms with Crippen LogP contribution in [0.3, 0.4) is 0 Å². The summed E-state index contributed by atoms with van der Waals surface area (Å²) < 4.78 is -0.137. The van der Waals surface area contributed by atoms with Gasteiger partial charge in [0.1, 0.15) is 0 Å². The number of rotatable bonds is 6. The standard InChI is InChI=1S/C40H48N3S12/c1-35(2)44-23-16(13-41)24-30(51-36(3,4)45-24)20(29(23)50-35)19(21-31-25(46-37(5,6)52-31)17(14-42)26-32(21)53-38(7,8)47-26)22-33-27(48-39(9,10)54-33)18(15-43)28-34(22)55-40(11,12)49-28/h13-15,41-43H2,1-12H3. The smallest absolute Gasteiger partial charge is 0.0700 e. The lowest BCUT2D eigenvalue weighted by molar-refractivity contribution is 0.834. The maximum atomic E-state index is 6.80. The first-order valence-electron chi connectivity index (χ1n) is 18.4. The van der Waals surface area contributed by atoms with Gasteiger partial charge >= 0.3 is 0 Å². The highest BCUT2D eigenvalue weighted by Gasteiger charge is 2.52. The van der Waals surface area contributed by atoms with Crippen LogP contribution in [0.25, 0.3) is 0 Å². The fraction of sp³-hybridized carbons (Fsp3) is 0.525. The Bertz CT molecular complexity index is 1840. The molecule has 6 N–H and O–H groups in total. The third-order valence-corrected chi connectivity index (χ3v) is 27.1. The van der Waals surface area contributed by atoms with Gasteiger partial charge in [0.2, 0.25) is 0 Å². The zero-order chi connectivity index (χ0) is 39.6. The van der Waals surface area contributed by atoms with Gasteiger partial charge in [0.25, 0.3) is 0 Å². The zero-order valence-electron chi connectivity index (χ0n) is 33.3. The van der Waals surface area contributed by atoms with Gasteiger partial charge in [0.15, 0.2) is 0 Å². The van der Waals surface area contributed by atoms with Crippen molar-refractivity contribution in [1.82, 2.24) is 0 Å². The molecule has 3 aromatic rings. The lowest BCUT2D eigenvalue weighted by Gasteiger charge is -2.31. The molecule has 0 aromatic heterocycles. The molecule has 0 atom stereocenters. The Balaban J connectivity index is 1.50. The second kappa shape index (κ2) is 13.9. The number of thioether (sulfide) groups is 12. The van der Waals surface area contributed by atoms with E-state index < -0.39 is 0 Å². The Morgan fingerprint density at radius 2 is 0.436 bits per heavy atom. The van der Waals surface area contributed by atoms with Crippen LogP contribution in [0, 0.1) is 5.92 Å². The van der Waals surface area contributed by atoms with E-state index in [0.29, 0.717) is 19.6 Å². The quantitative estimate of drug-likeness (QED) is 0.205. The van der Waals surface area contributed by atoms with E-state index in [1.807, 2.05) is 70.6 Å². The molecule has 0 bridgehead atoms. The summed E-state index contributed by atoms with van der Waals surface area (Å²) in [5.74, 6) is 1.42. The van der Waals surface area contributed by atoms with Gasteiger partial charge in [-0.05, 0) is 116 Å². The number of hydrogen-bond donors (Lipinski definition) is 3. The first-order chi connectivity index (χ1) is 25.5. The molecule has 0 amide bonds. The molecule has 3 nitrogen and oxygen atoms in total. The number of benzene rings is 3. The molecule has 6 heterocycles. The van der Waals surface area contributed by atoms with Crippen molar-refractivity contribution in [3.05, 3.63) is 39.3 Å². The largest absolute Gasteiger partial charge is 0.326 e. The van der Waals surface area contributed by atoms with Gasteiger partial charge in [-0.1, -0.05) is 0 Å². The molecule has 1 radical (unpaired) electrons. The molecular weight excluding hydrogens is 907 g/mol. The van der Waals surface area contributed by atoms with E-state index in [2.05, 4.69) is 154 Å². The van der Waals surface area contributed by atoms with Crippen molar-refractivity contribution in [2.45, 2.75) is 186 Å². The SMILES string of the molecule is CC1(C)Sc2c(CN)c3c(c([C](c4c5c(c(CN)c6c4SC(C)(C)S6)SC(C)(C)S5)c4c5c(c(CN)c6c4SC(C)(C)S6)SC(C)(C)S5)c2S1)SC(C)(C)S3. The molecule has 55 heavy (non-hydrogen) atoms. The van der Waals surface area contributed by atoms with E-state index in [-0.39, 0.29) is 24.5 Å². The molecule has 0 spiro atoms. The van der Waals surface area contributed by atoms with E-state index in [1.54, 1.807) is 0 Å². The van der Waals surface area contributed by atoms with Crippen LogP contribution in [0.15, 0.2) is 58.7 Å². The van der Waals surface area contributed by atoms with Crippen LogP contribution < -0.4 is 17.2 Å². The predicted octanol–water partition coefficient (Wildman–Crippen LogP) is 14.7. The number of nitrogens with two attached hydrogens (primary N) is 3. The monoisotopic (exact) mass is 954 g/mol. The van der Waals surface area contributed by atoms with Crippen LogP contribution in [0.1, 0.15) is 116 Å². The second-order valence-electron chi connectivity index (χ2n) is 17.1. The van der Waals surface area contributed by atoms with Crippen LogP contribution in [-0.4, -0.2) is 24.5 Å². The summed E-state index contributed by atoms with van der Waals surface area (Å²) in [5, 5.41) is 0. The first kappa shape index (κ1) is 42.1. The van der Waals surface area contributed by atoms with Gasteiger partial charge in [-0.3, -0.25) is 0 Å². The molecule has 295 valence electrons. The highest BCUT2D eigenvalue weighted by atomic mass is 32.2. The third kappa shape index (κ3) is 6.99. The van der Waals surface area contributed by atoms with Crippen LogP contribution in [0.5, 0.6) is 0 Å². The van der Waals surface area contributed by atoms with Gasteiger partial charge in [-0.25, -0.2) is 0 Å². The van der Waals surface area contributed by atoms with E-state index in [9.17, 15) is 0 Å². The Hall–Kier alpha value is 1.74.